The van der Waals surface area contributed by atoms with E-state index in [0.717, 1.165) is 18.5 Å². The van der Waals surface area contributed by atoms with Crippen LogP contribution in [-0.4, -0.2) is 39.1 Å². The van der Waals surface area contributed by atoms with Crippen LogP contribution < -0.4 is 5.32 Å². The molecule has 1 saturated carbocycles. The Morgan fingerprint density at radius 2 is 1.89 bits per heavy atom. The molecule has 1 aromatic carbocycles. The summed E-state index contributed by atoms with van der Waals surface area (Å²) in [7, 11) is 0. The number of carbonyl (C=O) groups is 2. The second-order valence-electron chi connectivity index (χ2n) is 8.72. The highest BCUT2D eigenvalue weighted by Crippen LogP contribution is 2.33. The molecule has 1 atom stereocenters. The Hall–Kier alpha value is -2.70. The smallest absolute Gasteiger partial charge is 0.230 e. The minimum atomic E-state index is -0.359. The van der Waals surface area contributed by atoms with E-state index < -0.39 is 0 Å². The van der Waals surface area contributed by atoms with Crippen molar-refractivity contribution in [2.24, 2.45) is 5.92 Å². The number of halogens is 1. The van der Waals surface area contributed by atoms with Crippen molar-refractivity contribution in [3.63, 3.8) is 0 Å². The van der Waals surface area contributed by atoms with Crippen molar-refractivity contribution in [1.82, 2.24) is 14.7 Å². The Bertz CT molecular complexity index is 909. The molecule has 2 amide bonds. The van der Waals surface area contributed by atoms with Crippen LogP contribution in [0.5, 0.6) is 0 Å². The number of hydrogen-bond donors (Lipinski definition) is 1. The average Bonchev–Trinajstić information content (AvgIpc) is 3.26. The molecule has 28 heavy (non-hydrogen) atoms. The number of benzene rings is 1. The van der Waals surface area contributed by atoms with E-state index in [1.54, 1.807) is 16.8 Å². The Morgan fingerprint density at radius 1 is 1.21 bits per heavy atom. The van der Waals surface area contributed by atoms with E-state index in [2.05, 4.69) is 10.4 Å². The zero-order chi connectivity index (χ0) is 20.1. The summed E-state index contributed by atoms with van der Waals surface area (Å²) in [5.41, 5.74) is 1.26. The molecule has 0 radical (unpaired) electrons. The molecule has 2 fully saturated rings. The van der Waals surface area contributed by atoms with Crippen LogP contribution in [0.4, 0.5) is 10.2 Å². The highest BCUT2D eigenvalue weighted by molar-refractivity contribution is 5.97. The third-order valence-electron chi connectivity index (χ3n) is 5.32. The lowest BCUT2D eigenvalue weighted by atomic mass is 9.92. The van der Waals surface area contributed by atoms with E-state index in [1.165, 1.54) is 12.1 Å². The fourth-order valence-corrected chi connectivity index (χ4v) is 3.49. The van der Waals surface area contributed by atoms with Gasteiger partial charge in [-0.15, -0.1) is 0 Å². The van der Waals surface area contributed by atoms with Crippen molar-refractivity contribution in [3.05, 3.63) is 41.8 Å². The van der Waals surface area contributed by atoms with Gasteiger partial charge in [-0.1, -0.05) is 20.8 Å². The van der Waals surface area contributed by atoms with E-state index in [9.17, 15) is 14.0 Å². The fraction of sp³-hybridized carbons (Fsp3) is 0.476. The Kier molecular flexibility index (Phi) is 4.48. The normalized spacial score (nSPS) is 19.9. The molecule has 1 aliphatic heterocycles. The third-order valence-corrected chi connectivity index (χ3v) is 5.32. The lowest BCUT2D eigenvalue weighted by Gasteiger charge is -2.15. The molecule has 2 aliphatic rings. The SMILES string of the molecule is CC(C)(C)c1cc(NC(=O)C2CC(=O)N(C3CC3)C2)n(-c2ccc(F)cc2)n1. The molecule has 1 N–H and O–H groups in total. The van der Waals surface area contributed by atoms with Gasteiger partial charge < -0.3 is 10.2 Å². The first kappa shape index (κ1) is 18.7. The quantitative estimate of drug-likeness (QED) is 0.880. The summed E-state index contributed by atoms with van der Waals surface area (Å²) < 4.78 is 14.9. The predicted molar refractivity (Wildman–Crippen MR) is 104 cm³/mol. The number of anilines is 1. The van der Waals surface area contributed by atoms with Crippen LogP contribution >= 0.6 is 0 Å². The van der Waals surface area contributed by atoms with Gasteiger partial charge in [0.05, 0.1) is 17.3 Å². The van der Waals surface area contributed by atoms with Gasteiger partial charge in [0.1, 0.15) is 11.6 Å². The lowest BCUT2D eigenvalue weighted by molar-refractivity contribution is -0.128. The largest absolute Gasteiger partial charge is 0.339 e. The second kappa shape index (κ2) is 6.72. The van der Waals surface area contributed by atoms with Gasteiger partial charge in [0, 0.05) is 30.5 Å². The second-order valence-corrected chi connectivity index (χ2v) is 8.72. The fourth-order valence-electron chi connectivity index (χ4n) is 3.49. The zero-order valence-corrected chi connectivity index (χ0v) is 16.4. The molecule has 7 heteroatoms. The average molecular weight is 384 g/mol. The zero-order valence-electron chi connectivity index (χ0n) is 16.4. The van der Waals surface area contributed by atoms with E-state index in [1.807, 2.05) is 31.7 Å². The maximum Gasteiger partial charge on any atom is 0.230 e. The molecule has 1 saturated heterocycles. The minimum Gasteiger partial charge on any atom is -0.339 e. The summed E-state index contributed by atoms with van der Waals surface area (Å²) >= 11 is 0. The van der Waals surface area contributed by atoms with E-state index in [4.69, 9.17) is 0 Å². The predicted octanol–water partition coefficient (Wildman–Crippen LogP) is 3.26. The Labute approximate surface area is 163 Å². The molecule has 1 aromatic heterocycles. The molecule has 1 aliphatic carbocycles. The van der Waals surface area contributed by atoms with Crippen LogP contribution in [0.1, 0.15) is 45.7 Å². The number of rotatable bonds is 4. The van der Waals surface area contributed by atoms with Crippen molar-refractivity contribution in [3.8, 4) is 5.69 Å². The van der Waals surface area contributed by atoms with Crippen LogP contribution in [0.25, 0.3) is 5.69 Å². The molecule has 4 rings (SSSR count). The first-order chi connectivity index (χ1) is 13.2. The first-order valence-corrected chi connectivity index (χ1v) is 9.69. The van der Waals surface area contributed by atoms with Gasteiger partial charge in [-0.3, -0.25) is 9.59 Å². The van der Waals surface area contributed by atoms with Gasteiger partial charge in [-0.05, 0) is 37.1 Å². The molecule has 0 spiro atoms. The summed E-state index contributed by atoms with van der Waals surface area (Å²) in [4.78, 5) is 26.9. The summed E-state index contributed by atoms with van der Waals surface area (Å²) in [6, 6.07) is 8.14. The van der Waals surface area contributed by atoms with Crippen molar-refractivity contribution in [2.75, 3.05) is 11.9 Å². The van der Waals surface area contributed by atoms with Crippen molar-refractivity contribution in [1.29, 1.82) is 0 Å². The topological polar surface area (TPSA) is 67.2 Å². The van der Waals surface area contributed by atoms with Gasteiger partial charge in [-0.2, -0.15) is 5.10 Å². The van der Waals surface area contributed by atoms with E-state index in [-0.39, 0.29) is 35.4 Å². The van der Waals surface area contributed by atoms with E-state index >= 15 is 0 Å². The molecular weight excluding hydrogens is 359 g/mol. The van der Waals surface area contributed by atoms with Crippen LogP contribution in [0.15, 0.2) is 30.3 Å². The molecule has 6 nitrogen and oxygen atoms in total. The lowest BCUT2D eigenvalue weighted by Crippen LogP contribution is -2.30. The summed E-state index contributed by atoms with van der Waals surface area (Å²) in [6.07, 6.45) is 2.32. The number of nitrogens with one attached hydrogen (secondary N) is 1. The van der Waals surface area contributed by atoms with Gasteiger partial charge >= 0.3 is 0 Å². The number of hydrogen-bond acceptors (Lipinski definition) is 3. The van der Waals surface area contributed by atoms with Crippen LogP contribution in [0.3, 0.4) is 0 Å². The summed E-state index contributed by atoms with van der Waals surface area (Å²) in [5, 5.41) is 7.58. The molecule has 2 heterocycles. The highest BCUT2D eigenvalue weighted by Gasteiger charge is 2.42. The Morgan fingerprint density at radius 3 is 2.50 bits per heavy atom. The molecule has 0 bridgehead atoms. The number of amides is 2. The standard InChI is InChI=1S/C21H25FN4O2/c1-21(2,3)17-11-18(26(24-17)16-6-4-14(22)5-7-16)23-20(28)13-10-19(27)25(12-13)15-8-9-15/h4-7,11,13,15H,8-10,12H2,1-3H3,(H,23,28). The monoisotopic (exact) mass is 384 g/mol. The van der Waals surface area contributed by atoms with Crippen molar-refractivity contribution < 1.29 is 14.0 Å². The molecular formula is C21H25FN4O2. The summed E-state index contributed by atoms with van der Waals surface area (Å²) in [5.74, 6) is -0.283. The first-order valence-electron chi connectivity index (χ1n) is 9.69. The maximum atomic E-state index is 13.3. The van der Waals surface area contributed by atoms with Crippen molar-refractivity contribution in [2.45, 2.75) is 51.5 Å². The van der Waals surface area contributed by atoms with Gasteiger partial charge in [-0.25, -0.2) is 9.07 Å². The minimum absolute atomic E-state index is 0.0603. The number of likely N-dealkylation sites (tertiary alicyclic amines) is 1. The molecule has 1 unspecified atom stereocenters. The van der Waals surface area contributed by atoms with Gasteiger partial charge in [0.15, 0.2) is 0 Å². The number of nitrogens with zero attached hydrogens (tertiary/aromatic N) is 3. The number of aromatic nitrogens is 2. The van der Waals surface area contributed by atoms with Crippen LogP contribution in [0, 0.1) is 11.7 Å². The van der Waals surface area contributed by atoms with Crippen molar-refractivity contribution >= 4 is 17.6 Å². The third kappa shape index (κ3) is 3.66. The molecule has 2 aromatic rings. The highest BCUT2D eigenvalue weighted by atomic mass is 19.1. The van der Waals surface area contributed by atoms with Gasteiger partial charge in [0.25, 0.3) is 0 Å². The van der Waals surface area contributed by atoms with Gasteiger partial charge in [0.2, 0.25) is 11.8 Å². The maximum absolute atomic E-state index is 13.3. The van der Waals surface area contributed by atoms with E-state index in [0.29, 0.717) is 24.1 Å². The van der Waals surface area contributed by atoms with Crippen LogP contribution in [0.2, 0.25) is 0 Å². The molecule has 148 valence electrons. The number of carbonyl (C=O) groups excluding carboxylic acids is 2. The van der Waals surface area contributed by atoms with Crippen LogP contribution in [-0.2, 0) is 15.0 Å². The Balaban J connectivity index is 1.59. The summed E-state index contributed by atoms with van der Waals surface area (Å²) in [6.45, 7) is 6.60.